The molecule has 3 heterocycles. The second-order valence-electron chi connectivity index (χ2n) is 5.93. The number of pyridine rings is 1. The minimum atomic E-state index is -0.0372. The largest absolute Gasteiger partial charge is 0.335 e. The maximum absolute atomic E-state index is 12.6. The molecule has 0 aromatic carbocycles. The van der Waals surface area contributed by atoms with Crippen molar-refractivity contribution in [2.45, 2.75) is 26.3 Å². The van der Waals surface area contributed by atoms with Gasteiger partial charge in [0, 0.05) is 31.4 Å². The van der Waals surface area contributed by atoms with Gasteiger partial charge in [0.25, 0.3) is 5.91 Å². The van der Waals surface area contributed by atoms with Crippen molar-refractivity contribution >= 4 is 11.6 Å². The second kappa shape index (κ2) is 4.56. The average molecular weight is 273 g/mol. The lowest BCUT2D eigenvalue weighted by Crippen LogP contribution is -2.58. The van der Waals surface area contributed by atoms with Crippen LogP contribution in [-0.4, -0.2) is 50.6 Å². The minimum absolute atomic E-state index is 0.0372. The Morgan fingerprint density at radius 1 is 1.35 bits per heavy atom. The molecule has 0 unspecified atom stereocenters. The highest BCUT2D eigenvalue weighted by atomic mass is 16.2. The molecule has 0 saturated carbocycles. The minimum Gasteiger partial charge on any atom is -0.335 e. The molecule has 2 aromatic heterocycles. The van der Waals surface area contributed by atoms with Crippen LogP contribution in [0.3, 0.4) is 0 Å². The first-order chi connectivity index (χ1) is 9.46. The summed E-state index contributed by atoms with van der Waals surface area (Å²) in [5, 5.41) is 11.5. The van der Waals surface area contributed by atoms with Gasteiger partial charge in [0.15, 0.2) is 5.65 Å². The fraction of sp³-hybridized carbons (Fsp3) is 0.500. The number of rotatable bonds is 1. The Balaban J connectivity index is 1.90. The maximum Gasteiger partial charge on any atom is 0.255 e. The number of carbonyl (C=O) groups excluding carboxylic acids is 1. The van der Waals surface area contributed by atoms with Crippen molar-refractivity contribution in [2.24, 2.45) is 0 Å². The topological polar surface area (TPSA) is 62.5 Å². The van der Waals surface area contributed by atoms with E-state index in [9.17, 15) is 4.79 Å². The van der Waals surface area contributed by atoms with Gasteiger partial charge in [-0.1, -0.05) is 0 Å². The van der Waals surface area contributed by atoms with E-state index in [1.807, 2.05) is 34.6 Å². The van der Waals surface area contributed by atoms with Crippen LogP contribution in [-0.2, 0) is 0 Å². The Bertz CT molecular complexity index is 661. The molecule has 2 aromatic rings. The highest BCUT2D eigenvalue weighted by Gasteiger charge is 2.29. The zero-order valence-electron chi connectivity index (χ0n) is 12.1. The molecule has 1 aliphatic rings. The summed E-state index contributed by atoms with van der Waals surface area (Å²) in [4.78, 5) is 14.5. The van der Waals surface area contributed by atoms with E-state index < -0.39 is 0 Å². The van der Waals surface area contributed by atoms with Crippen LogP contribution in [0.25, 0.3) is 5.65 Å². The van der Waals surface area contributed by atoms with Crippen LogP contribution >= 0.6 is 0 Å². The molecule has 20 heavy (non-hydrogen) atoms. The molecule has 1 aliphatic heterocycles. The summed E-state index contributed by atoms with van der Waals surface area (Å²) in [5.74, 6) is 0.852. The van der Waals surface area contributed by atoms with E-state index in [2.05, 4.69) is 29.4 Å². The Labute approximate surface area is 117 Å². The smallest absolute Gasteiger partial charge is 0.255 e. The standard InChI is InChI=1S/C14H19N5O/c1-10-16-17-12-5-4-11(8-19(10)12)13(20)18-7-6-15-14(2,3)9-18/h4-5,8,15H,6-7,9H2,1-3H3. The van der Waals surface area contributed by atoms with Crippen LogP contribution in [0.5, 0.6) is 0 Å². The summed E-state index contributed by atoms with van der Waals surface area (Å²) in [5.41, 5.74) is 1.41. The molecule has 1 amide bonds. The van der Waals surface area contributed by atoms with E-state index in [0.717, 1.165) is 24.6 Å². The van der Waals surface area contributed by atoms with Gasteiger partial charge in [-0.2, -0.15) is 0 Å². The van der Waals surface area contributed by atoms with Gasteiger partial charge in [0.2, 0.25) is 0 Å². The van der Waals surface area contributed by atoms with Crippen LogP contribution in [0.1, 0.15) is 30.0 Å². The Hall–Kier alpha value is -1.95. The van der Waals surface area contributed by atoms with E-state index in [4.69, 9.17) is 0 Å². The van der Waals surface area contributed by atoms with Crippen molar-refractivity contribution in [3.63, 3.8) is 0 Å². The first kappa shape index (κ1) is 13.1. The number of nitrogens with one attached hydrogen (secondary N) is 1. The summed E-state index contributed by atoms with van der Waals surface area (Å²) in [6.07, 6.45) is 1.82. The van der Waals surface area contributed by atoms with Crippen LogP contribution in [0.15, 0.2) is 18.3 Å². The number of fused-ring (bicyclic) bond motifs is 1. The van der Waals surface area contributed by atoms with Gasteiger partial charge in [-0.05, 0) is 32.9 Å². The molecule has 1 N–H and O–H groups in total. The SMILES string of the molecule is Cc1nnc2ccc(C(=O)N3CCNC(C)(C)C3)cn12. The van der Waals surface area contributed by atoms with Crippen LogP contribution in [0.2, 0.25) is 0 Å². The third kappa shape index (κ3) is 2.27. The van der Waals surface area contributed by atoms with Gasteiger partial charge in [-0.15, -0.1) is 10.2 Å². The third-order valence-corrected chi connectivity index (χ3v) is 3.68. The predicted molar refractivity (Wildman–Crippen MR) is 75.7 cm³/mol. The van der Waals surface area contributed by atoms with Crippen molar-refractivity contribution in [3.05, 3.63) is 29.7 Å². The number of carbonyl (C=O) groups is 1. The third-order valence-electron chi connectivity index (χ3n) is 3.68. The molecule has 6 nitrogen and oxygen atoms in total. The number of aromatic nitrogens is 3. The number of hydrogen-bond acceptors (Lipinski definition) is 4. The number of nitrogens with zero attached hydrogens (tertiary/aromatic N) is 4. The van der Waals surface area contributed by atoms with Gasteiger partial charge < -0.3 is 10.2 Å². The van der Waals surface area contributed by atoms with Gasteiger partial charge in [-0.3, -0.25) is 9.20 Å². The molecule has 1 saturated heterocycles. The lowest BCUT2D eigenvalue weighted by Gasteiger charge is -2.39. The normalized spacial score (nSPS) is 18.4. The molecular weight excluding hydrogens is 254 g/mol. The van der Waals surface area contributed by atoms with Crippen LogP contribution in [0.4, 0.5) is 0 Å². The summed E-state index contributed by atoms with van der Waals surface area (Å²) < 4.78 is 1.85. The number of amides is 1. The fourth-order valence-corrected chi connectivity index (χ4v) is 2.63. The highest BCUT2D eigenvalue weighted by molar-refractivity contribution is 5.94. The summed E-state index contributed by atoms with van der Waals surface area (Å²) in [6.45, 7) is 8.38. The molecule has 0 aliphatic carbocycles. The average Bonchev–Trinajstić information content (AvgIpc) is 2.78. The number of piperazine rings is 1. The van der Waals surface area contributed by atoms with Gasteiger partial charge in [0.1, 0.15) is 5.82 Å². The van der Waals surface area contributed by atoms with E-state index in [-0.39, 0.29) is 11.4 Å². The molecule has 6 heteroatoms. The van der Waals surface area contributed by atoms with E-state index in [1.165, 1.54) is 0 Å². The van der Waals surface area contributed by atoms with E-state index in [0.29, 0.717) is 12.1 Å². The number of hydrogen-bond donors (Lipinski definition) is 1. The molecule has 0 radical (unpaired) electrons. The number of aryl methyl sites for hydroxylation is 1. The van der Waals surface area contributed by atoms with Gasteiger partial charge in [0.05, 0.1) is 5.56 Å². The van der Waals surface area contributed by atoms with Crippen molar-refractivity contribution in [3.8, 4) is 0 Å². The van der Waals surface area contributed by atoms with Gasteiger partial charge in [-0.25, -0.2) is 0 Å². The van der Waals surface area contributed by atoms with Crippen molar-refractivity contribution in [2.75, 3.05) is 19.6 Å². The first-order valence-electron chi connectivity index (χ1n) is 6.82. The summed E-state index contributed by atoms with van der Waals surface area (Å²) >= 11 is 0. The molecule has 0 atom stereocenters. The molecule has 106 valence electrons. The quantitative estimate of drug-likeness (QED) is 0.837. The van der Waals surface area contributed by atoms with Crippen molar-refractivity contribution < 1.29 is 4.79 Å². The predicted octanol–water partition coefficient (Wildman–Crippen LogP) is 0.862. The van der Waals surface area contributed by atoms with Crippen LogP contribution in [0, 0.1) is 6.92 Å². The maximum atomic E-state index is 12.6. The van der Waals surface area contributed by atoms with Crippen LogP contribution < -0.4 is 5.32 Å². The zero-order valence-corrected chi connectivity index (χ0v) is 12.1. The summed E-state index contributed by atoms with van der Waals surface area (Å²) in [6, 6.07) is 3.65. The monoisotopic (exact) mass is 273 g/mol. The van der Waals surface area contributed by atoms with E-state index in [1.54, 1.807) is 0 Å². The van der Waals surface area contributed by atoms with E-state index >= 15 is 0 Å². The molecule has 1 fully saturated rings. The Morgan fingerprint density at radius 2 is 2.15 bits per heavy atom. The molecular formula is C14H19N5O. The summed E-state index contributed by atoms with van der Waals surface area (Å²) in [7, 11) is 0. The van der Waals surface area contributed by atoms with Crippen molar-refractivity contribution in [1.82, 2.24) is 24.8 Å². The van der Waals surface area contributed by atoms with Crippen molar-refractivity contribution in [1.29, 1.82) is 0 Å². The fourth-order valence-electron chi connectivity index (χ4n) is 2.63. The molecule has 0 spiro atoms. The first-order valence-corrected chi connectivity index (χ1v) is 6.82. The Kier molecular flexibility index (Phi) is 2.97. The zero-order chi connectivity index (χ0) is 14.3. The Morgan fingerprint density at radius 3 is 2.90 bits per heavy atom. The molecule has 3 rings (SSSR count). The lowest BCUT2D eigenvalue weighted by molar-refractivity contribution is 0.0651. The second-order valence-corrected chi connectivity index (χ2v) is 5.93. The van der Waals surface area contributed by atoms with Gasteiger partial charge >= 0.3 is 0 Å². The molecule has 0 bridgehead atoms. The lowest BCUT2D eigenvalue weighted by atomic mass is 10.0. The highest BCUT2D eigenvalue weighted by Crippen LogP contribution is 2.14.